The van der Waals surface area contributed by atoms with Gasteiger partial charge in [-0.1, -0.05) is 5.92 Å². The summed E-state index contributed by atoms with van der Waals surface area (Å²) in [4.78, 5) is 22.9. The number of nitrogen functional groups attached to an aromatic ring is 1. The molecule has 26 heavy (non-hydrogen) atoms. The van der Waals surface area contributed by atoms with Crippen molar-refractivity contribution in [1.82, 2.24) is 19.4 Å². The van der Waals surface area contributed by atoms with Gasteiger partial charge in [-0.15, -0.1) is 0 Å². The summed E-state index contributed by atoms with van der Waals surface area (Å²) in [5.74, 6) is 6.06. The van der Waals surface area contributed by atoms with E-state index in [9.17, 15) is 4.79 Å². The topological polar surface area (TPSA) is 112 Å². The summed E-state index contributed by atoms with van der Waals surface area (Å²) in [6.45, 7) is 5.90. The Morgan fingerprint density at radius 1 is 1.35 bits per heavy atom. The molecule has 2 aromatic rings. The van der Waals surface area contributed by atoms with Crippen LogP contribution in [0.5, 0.6) is 0 Å². The van der Waals surface area contributed by atoms with Crippen LogP contribution < -0.4 is 11.5 Å². The Morgan fingerprint density at radius 3 is 2.73 bits per heavy atom. The van der Waals surface area contributed by atoms with Gasteiger partial charge in [0.1, 0.15) is 23.5 Å². The largest absolute Gasteiger partial charge is 0.383 e. The summed E-state index contributed by atoms with van der Waals surface area (Å²) in [5, 5.41) is 0.504. The Labute approximate surface area is 151 Å². The van der Waals surface area contributed by atoms with Gasteiger partial charge in [-0.05, 0) is 25.7 Å². The molecular formula is C18H22N6O2. The number of nitrogens with zero attached hydrogens (tertiary/aromatic N) is 4. The van der Waals surface area contributed by atoms with Gasteiger partial charge in [-0.25, -0.2) is 9.97 Å². The number of nitrogens with two attached hydrogens (primary N) is 2. The second-order valence-electron chi connectivity index (χ2n) is 7.07. The molecule has 1 saturated heterocycles. The van der Waals surface area contributed by atoms with Crippen LogP contribution in [-0.4, -0.2) is 58.2 Å². The highest BCUT2D eigenvalue weighted by Gasteiger charge is 2.43. The maximum atomic E-state index is 12.2. The number of carbonyl (C=O) groups excluding carboxylic acids is 1. The van der Waals surface area contributed by atoms with Gasteiger partial charge < -0.3 is 20.8 Å². The molecule has 1 saturated carbocycles. The molecule has 3 heterocycles. The number of anilines is 1. The van der Waals surface area contributed by atoms with E-state index in [-0.39, 0.29) is 11.4 Å². The molecule has 0 radical (unpaired) electrons. The van der Waals surface area contributed by atoms with Gasteiger partial charge in [-0.2, -0.15) is 0 Å². The van der Waals surface area contributed by atoms with Gasteiger partial charge in [0.05, 0.1) is 30.7 Å². The van der Waals surface area contributed by atoms with Crippen molar-refractivity contribution in [3.63, 3.8) is 0 Å². The molecule has 0 aromatic carbocycles. The third kappa shape index (κ3) is 2.79. The standard InChI is InChI=1S/C18H22N6O2/c1-18(4-5-18)24-12(3-2-6-23-7-9-26-10-8-23)13(16(20)25)14-15(19)21-11-22-17(14)24/h11H,4-10H2,1H3,(H2,20,25)(H2,19,21,22). The lowest BCUT2D eigenvalue weighted by Crippen LogP contribution is -2.36. The van der Waals surface area contributed by atoms with Crippen molar-refractivity contribution >= 4 is 22.8 Å². The predicted octanol–water partition coefficient (Wildman–Crippen LogP) is 0.305. The number of hydrogen-bond acceptors (Lipinski definition) is 6. The Hall–Kier alpha value is -2.63. The van der Waals surface area contributed by atoms with Gasteiger partial charge in [0, 0.05) is 18.6 Å². The van der Waals surface area contributed by atoms with Crippen molar-refractivity contribution in [2.75, 3.05) is 38.6 Å². The smallest absolute Gasteiger partial charge is 0.252 e. The molecule has 4 N–H and O–H groups in total. The number of hydrogen-bond donors (Lipinski definition) is 2. The van der Waals surface area contributed by atoms with E-state index in [0.29, 0.717) is 28.8 Å². The summed E-state index contributed by atoms with van der Waals surface area (Å²) >= 11 is 0. The van der Waals surface area contributed by atoms with Crippen LogP contribution in [0.15, 0.2) is 6.33 Å². The highest BCUT2D eigenvalue weighted by Crippen LogP contribution is 2.47. The first-order valence-electron chi connectivity index (χ1n) is 8.75. The van der Waals surface area contributed by atoms with Crippen molar-refractivity contribution in [1.29, 1.82) is 0 Å². The molecule has 0 bridgehead atoms. The van der Waals surface area contributed by atoms with E-state index >= 15 is 0 Å². The van der Waals surface area contributed by atoms with Crippen LogP contribution in [-0.2, 0) is 10.3 Å². The highest BCUT2D eigenvalue weighted by atomic mass is 16.5. The van der Waals surface area contributed by atoms with Crippen LogP contribution in [0.1, 0.15) is 35.8 Å². The average molecular weight is 354 g/mol. The Bertz CT molecular complexity index is 929. The molecule has 0 spiro atoms. The summed E-state index contributed by atoms with van der Waals surface area (Å²) in [5.41, 5.74) is 13.1. The van der Waals surface area contributed by atoms with Crippen molar-refractivity contribution in [2.45, 2.75) is 25.3 Å². The van der Waals surface area contributed by atoms with E-state index in [0.717, 1.165) is 39.1 Å². The van der Waals surface area contributed by atoms with Crippen molar-refractivity contribution in [3.05, 3.63) is 17.6 Å². The third-order valence-corrected chi connectivity index (χ3v) is 5.15. The Morgan fingerprint density at radius 2 is 2.08 bits per heavy atom. The maximum Gasteiger partial charge on any atom is 0.252 e. The minimum Gasteiger partial charge on any atom is -0.383 e. The van der Waals surface area contributed by atoms with Gasteiger partial charge >= 0.3 is 0 Å². The monoisotopic (exact) mass is 354 g/mol. The van der Waals surface area contributed by atoms with Crippen molar-refractivity contribution < 1.29 is 9.53 Å². The molecule has 1 aliphatic heterocycles. The zero-order valence-corrected chi connectivity index (χ0v) is 14.8. The average Bonchev–Trinajstić information content (AvgIpc) is 3.25. The predicted molar refractivity (Wildman–Crippen MR) is 97.5 cm³/mol. The first-order valence-corrected chi connectivity index (χ1v) is 8.75. The van der Waals surface area contributed by atoms with Crippen molar-refractivity contribution in [3.8, 4) is 11.8 Å². The molecule has 4 rings (SSSR count). The van der Waals surface area contributed by atoms with Gasteiger partial charge in [0.15, 0.2) is 0 Å². The molecule has 1 amide bonds. The van der Waals surface area contributed by atoms with E-state index in [1.54, 1.807) is 0 Å². The summed E-state index contributed by atoms with van der Waals surface area (Å²) in [6.07, 6.45) is 3.41. The van der Waals surface area contributed by atoms with E-state index in [4.69, 9.17) is 16.2 Å². The first kappa shape index (κ1) is 16.8. The molecule has 2 aromatic heterocycles. The zero-order valence-electron chi connectivity index (χ0n) is 14.8. The molecule has 1 aliphatic carbocycles. The van der Waals surface area contributed by atoms with E-state index in [1.807, 2.05) is 4.57 Å². The minimum atomic E-state index is -0.560. The van der Waals surface area contributed by atoms with Crippen LogP contribution >= 0.6 is 0 Å². The molecule has 0 atom stereocenters. The Kier molecular flexibility index (Phi) is 4.05. The number of rotatable bonds is 3. The van der Waals surface area contributed by atoms with E-state index in [1.165, 1.54) is 6.33 Å². The quantitative estimate of drug-likeness (QED) is 0.767. The highest BCUT2D eigenvalue weighted by molar-refractivity contribution is 6.11. The fraction of sp³-hybridized carbons (Fsp3) is 0.500. The lowest BCUT2D eigenvalue weighted by atomic mass is 10.1. The zero-order chi connectivity index (χ0) is 18.3. The van der Waals surface area contributed by atoms with Gasteiger partial charge in [0.25, 0.3) is 5.91 Å². The molecular weight excluding hydrogens is 332 g/mol. The fourth-order valence-electron chi connectivity index (χ4n) is 3.42. The van der Waals surface area contributed by atoms with Crippen molar-refractivity contribution in [2.24, 2.45) is 5.73 Å². The van der Waals surface area contributed by atoms with Gasteiger partial charge in [-0.3, -0.25) is 9.69 Å². The summed E-state index contributed by atoms with van der Waals surface area (Å²) in [7, 11) is 0. The second kappa shape index (κ2) is 6.27. The number of morpholine rings is 1. The molecule has 136 valence electrons. The van der Waals surface area contributed by atoms with E-state index < -0.39 is 5.91 Å². The fourth-order valence-corrected chi connectivity index (χ4v) is 3.42. The van der Waals surface area contributed by atoms with Gasteiger partial charge in [0.2, 0.25) is 0 Å². The van der Waals surface area contributed by atoms with Crippen LogP contribution in [0.2, 0.25) is 0 Å². The van der Waals surface area contributed by atoms with E-state index in [2.05, 4.69) is 33.6 Å². The van der Waals surface area contributed by atoms with Crippen LogP contribution in [0, 0.1) is 11.8 Å². The maximum absolute atomic E-state index is 12.2. The van der Waals surface area contributed by atoms with Crippen LogP contribution in [0.25, 0.3) is 11.0 Å². The number of amides is 1. The lowest BCUT2D eigenvalue weighted by molar-refractivity contribution is 0.0443. The number of fused-ring (bicyclic) bond motifs is 1. The van der Waals surface area contributed by atoms with Crippen LogP contribution in [0.4, 0.5) is 5.82 Å². The summed E-state index contributed by atoms with van der Waals surface area (Å²) < 4.78 is 7.38. The molecule has 8 heteroatoms. The number of carbonyl (C=O) groups is 1. The minimum absolute atomic E-state index is 0.115. The molecule has 2 aliphatic rings. The summed E-state index contributed by atoms with van der Waals surface area (Å²) in [6, 6.07) is 0. The lowest BCUT2D eigenvalue weighted by Gasteiger charge is -2.24. The molecule has 2 fully saturated rings. The first-order chi connectivity index (χ1) is 12.5. The number of ether oxygens (including phenoxy) is 1. The third-order valence-electron chi connectivity index (χ3n) is 5.15. The number of aromatic nitrogens is 3. The van der Waals surface area contributed by atoms with Crippen LogP contribution in [0.3, 0.4) is 0 Å². The SMILES string of the molecule is CC1(n2c(C#CCN3CCOCC3)c(C(N)=O)c3c(N)ncnc32)CC1. The molecule has 0 unspecified atom stereocenters. The number of primary amides is 1. The molecule has 8 nitrogen and oxygen atoms in total. The normalized spacial score (nSPS) is 19.1. The second-order valence-corrected chi connectivity index (χ2v) is 7.07. The Balaban J connectivity index is 1.83.